The van der Waals surface area contributed by atoms with Gasteiger partial charge >= 0.3 is 0 Å². The zero-order chi connectivity index (χ0) is 8.69. The average Bonchev–Trinajstić information content (AvgIpc) is 2.55. The summed E-state index contributed by atoms with van der Waals surface area (Å²) in [5.74, 6) is 0.782. The molecule has 1 unspecified atom stereocenters. The van der Waals surface area contributed by atoms with Gasteiger partial charge in [-0.25, -0.2) is 0 Å². The number of nitrogens with zero attached hydrogens (tertiary/aromatic N) is 2. The minimum atomic E-state index is 0.782. The Morgan fingerprint density at radius 3 is 2.55 bits per heavy atom. The van der Waals surface area contributed by atoms with Crippen LogP contribution in [0.2, 0.25) is 0 Å². The molecular formula is C9H14N2. The van der Waals surface area contributed by atoms with Crippen LogP contribution >= 0.6 is 0 Å². The highest BCUT2D eigenvalue weighted by molar-refractivity contribution is 4.82. The first-order valence-corrected chi connectivity index (χ1v) is 3.84. The van der Waals surface area contributed by atoms with Crippen molar-refractivity contribution in [1.29, 1.82) is 5.26 Å². The fourth-order valence-electron chi connectivity index (χ4n) is 1.26. The lowest BCUT2D eigenvalue weighted by atomic mass is 10.1. The van der Waals surface area contributed by atoms with Crippen LogP contribution in [-0.4, -0.2) is 18.0 Å². The summed E-state index contributed by atoms with van der Waals surface area (Å²) >= 11 is 0. The Hall–Kier alpha value is -1.15. The molecule has 1 fully saturated rings. The lowest BCUT2D eigenvalue weighted by Crippen LogP contribution is -2.12. The Bertz CT molecular complexity index is 155. The average molecular weight is 150 g/mol. The maximum Gasteiger partial charge on any atom is 0.179 e. The van der Waals surface area contributed by atoms with Crippen molar-refractivity contribution < 1.29 is 0 Å². The summed E-state index contributed by atoms with van der Waals surface area (Å²) in [5.41, 5.74) is 0. The molecule has 1 heterocycles. The van der Waals surface area contributed by atoms with E-state index < -0.39 is 0 Å². The molecule has 0 aromatic rings. The Kier molecular flexibility index (Phi) is 5.03. The van der Waals surface area contributed by atoms with Crippen LogP contribution in [0.25, 0.3) is 0 Å². The van der Waals surface area contributed by atoms with Crippen LogP contribution in [0.5, 0.6) is 0 Å². The molecule has 0 aromatic carbocycles. The van der Waals surface area contributed by atoms with E-state index >= 15 is 0 Å². The fourth-order valence-corrected chi connectivity index (χ4v) is 1.26. The van der Waals surface area contributed by atoms with Gasteiger partial charge in [0, 0.05) is 13.1 Å². The Labute approximate surface area is 68.8 Å². The predicted molar refractivity (Wildman–Crippen MR) is 45.5 cm³/mol. The largest absolute Gasteiger partial charge is 0.310 e. The normalized spacial score (nSPS) is 21.6. The number of hydrogen-bond donors (Lipinski definition) is 0. The van der Waals surface area contributed by atoms with Gasteiger partial charge in [-0.15, -0.1) is 12.8 Å². The van der Waals surface area contributed by atoms with Crippen LogP contribution in [0.15, 0.2) is 0 Å². The van der Waals surface area contributed by atoms with Crippen molar-refractivity contribution in [2.45, 2.75) is 19.8 Å². The first-order chi connectivity index (χ1) is 5.36. The molecule has 0 spiro atoms. The zero-order valence-electron chi connectivity index (χ0n) is 6.95. The minimum Gasteiger partial charge on any atom is -0.310 e. The highest BCUT2D eigenvalue weighted by Crippen LogP contribution is 2.17. The Morgan fingerprint density at radius 2 is 2.27 bits per heavy atom. The zero-order valence-corrected chi connectivity index (χ0v) is 6.95. The van der Waals surface area contributed by atoms with Crippen LogP contribution in [0.3, 0.4) is 0 Å². The summed E-state index contributed by atoms with van der Waals surface area (Å²) in [4.78, 5) is 1.84. The number of terminal acetylenes is 1. The topological polar surface area (TPSA) is 27.0 Å². The van der Waals surface area contributed by atoms with E-state index in [1.54, 1.807) is 0 Å². The summed E-state index contributed by atoms with van der Waals surface area (Å²) in [6.07, 6.45) is 12.6. The van der Waals surface area contributed by atoms with E-state index in [1.165, 1.54) is 12.8 Å². The van der Waals surface area contributed by atoms with Crippen LogP contribution in [0.4, 0.5) is 0 Å². The van der Waals surface area contributed by atoms with Crippen molar-refractivity contribution in [3.05, 3.63) is 0 Å². The van der Waals surface area contributed by atoms with Crippen LogP contribution in [-0.2, 0) is 0 Å². The van der Waals surface area contributed by atoms with Crippen molar-refractivity contribution >= 4 is 0 Å². The molecule has 1 saturated heterocycles. The molecular weight excluding hydrogens is 136 g/mol. The van der Waals surface area contributed by atoms with E-state index in [1.807, 2.05) is 4.90 Å². The highest BCUT2D eigenvalue weighted by Gasteiger charge is 2.18. The van der Waals surface area contributed by atoms with Gasteiger partial charge in [0.2, 0.25) is 0 Å². The molecule has 0 saturated carbocycles. The van der Waals surface area contributed by atoms with Gasteiger partial charge in [0.25, 0.3) is 0 Å². The third kappa shape index (κ3) is 2.96. The lowest BCUT2D eigenvalue weighted by Gasteiger charge is -2.04. The smallest absolute Gasteiger partial charge is 0.179 e. The SMILES string of the molecule is C#C.CCC1CCN(C#N)C1. The summed E-state index contributed by atoms with van der Waals surface area (Å²) in [6.45, 7) is 4.16. The van der Waals surface area contributed by atoms with Gasteiger partial charge in [0.15, 0.2) is 6.19 Å². The standard InChI is InChI=1S/C7H12N2.C2H2/c1-2-7-3-4-9(5-7)6-8;1-2/h7H,2-5H2,1H3;1-2H. The summed E-state index contributed by atoms with van der Waals surface area (Å²) in [7, 11) is 0. The molecule has 11 heavy (non-hydrogen) atoms. The molecule has 0 amide bonds. The van der Waals surface area contributed by atoms with Crippen LogP contribution in [0.1, 0.15) is 19.8 Å². The molecule has 1 aliphatic heterocycles. The lowest BCUT2D eigenvalue weighted by molar-refractivity contribution is 0.449. The van der Waals surface area contributed by atoms with Gasteiger partial charge in [-0.2, -0.15) is 5.26 Å². The Balaban J connectivity index is 0.000000461. The van der Waals surface area contributed by atoms with E-state index in [0.717, 1.165) is 19.0 Å². The van der Waals surface area contributed by atoms with Crippen molar-refractivity contribution in [2.24, 2.45) is 5.92 Å². The van der Waals surface area contributed by atoms with Gasteiger partial charge in [-0.1, -0.05) is 13.3 Å². The maximum atomic E-state index is 8.46. The summed E-state index contributed by atoms with van der Waals surface area (Å²) in [5, 5.41) is 8.46. The molecule has 1 atom stereocenters. The second-order valence-corrected chi connectivity index (χ2v) is 2.61. The number of rotatable bonds is 1. The van der Waals surface area contributed by atoms with E-state index in [-0.39, 0.29) is 0 Å². The fraction of sp³-hybridized carbons (Fsp3) is 0.667. The van der Waals surface area contributed by atoms with E-state index in [4.69, 9.17) is 5.26 Å². The van der Waals surface area contributed by atoms with Gasteiger partial charge in [-0.05, 0) is 12.3 Å². The molecule has 0 N–H and O–H groups in total. The van der Waals surface area contributed by atoms with E-state index in [9.17, 15) is 0 Å². The van der Waals surface area contributed by atoms with Crippen molar-refractivity contribution in [3.63, 3.8) is 0 Å². The number of likely N-dealkylation sites (tertiary alicyclic amines) is 1. The summed E-state index contributed by atoms with van der Waals surface area (Å²) < 4.78 is 0. The second kappa shape index (κ2) is 5.62. The van der Waals surface area contributed by atoms with E-state index in [2.05, 4.69) is 26.0 Å². The number of nitriles is 1. The van der Waals surface area contributed by atoms with Crippen molar-refractivity contribution in [2.75, 3.05) is 13.1 Å². The molecule has 2 heteroatoms. The van der Waals surface area contributed by atoms with E-state index in [0.29, 0.717) is 0 Å². The van der Waals surface area contributed by atoms with Gasteiger partial charge in [0.1, 0.15) is 0 Å². The molecule has 0 aromatic heterocycles. The van der Waals surface area contributed by atoms with Crippen molar-refractivity contribution in [1.82, 2.24) is 4.90 Å². The molecule has 1 rings (SSSR count). The second-order valence-electron chi connectivity index (χ2n) is 2.61. The van der Waals surface area contributed by atoms with Gasteiger partial charge < -0.3 is 4.90 Å². The van der Waals surface area contributed by atoms with Gasteiger partial charge in [-0.3, -0.25) is 0 Å². The van der Waals surface area contributed by atoms with Crippen LogP contribution < -0.4 is 0 Å². The summed E-state index contributed by atoms with van der Waals surface area (Å²) in [6, 6.07) is 0. The van der Waals surface area contributed by atoms with Crippen molar-refractivity contribution in [3.8, 4) is 19.0 Å². The predicted octanol–water partition coefficient (Wildman–Crippen LogP) is 1.45. The molecule has 60 valence electrons. The first-order valence-electron chi connectivity index (χ1n) is 3.84. The quantitative estimate of drug-likeness (QED) is 0.418. The molecule has 0 radical (unpaired) electrons. The molecule has 1 aliphatic rings. The monoisotopic (exact) mass is 150 g/mol. The third-order valence-corrected chi connectivity index (χ3v) is 2.00. The minimum absolute atomic E-state index is 0.782. The highest BCUT2D eigenvalue weighted by atomic mass is 15.1. The third-order valence-electron chi connectivity index (χ3n) is 2.00. The van der Waals surface area contributed by atoms with Gasteiger partial charge in [0.05, 0.1) is 0 Å². The molecule has 2 nitrogen and oxygen atoms in total. The molecule has 0 aliphatic carbocycles. The first kappa shape index (κ1) is 9.85. The number of hydrogen-bond acceptors (Lipinski definition) is 2. The van der Waals surface area contributed by atoms with Crippen LogP contribution in [0, 0.1) is 30.2 Å². The Morgan fingerprint density at radius 1 is 1.64 bits per heavy atom. The maximum absolute atomic E-state index is 8.46. The molecule has 0 bridgehead atoms.